The molecule has 7 nitrogen and oxygen atoms in total. The summed E-state index contributed by atoms with van der Waals surface area (Å²) in [5.74, 6) is -2.81. The molecular formula is C29H31F7N4O3. The second-order valence-corrected chi connectivity index (χ2v) is 11.0. The van der Waals surface area contributed by atoms with Crippen molar-refractivity contribution in [3.05, 3.63) is 70.0 Å². The third-order valence-electron chi connectivity index (χ3n) is 7.84. The molecule has 43 heavy (non-hydrogen) atoms. The van der Waals surface area contributed by atoms with E-state index in [9.17, 15) is 45.1 Å². The van der Waals surface area contributed by atoms with Crippen molar-refractivity contribution in [3.63, 3.8) is 0 Å². The molecule has 2 aliphatic heterocycles. The number of piperazine rings is 1. The number of carbonyl (C=O) groups excluding carboxylic acids is 3. The summed E-state index contributed by atoms with van der Waals surface area (Å²) in [4.78, 5) is 42.7. The maximum atomic E-state index is 13.9. The summed E-state index contributed by atoms with van der Waals surface area (Å²) < 4.78 is 94.1. The smallest absolute Gasteiger partial charge is 0.353 e. The third-order valence-corrected chi connectivity index (χ3v) is 7.84. The van der Waals surface area contributed by atoms with Crippen LogP contribution >= 0.6 is 0 Å². The maximum Gasteiger partial charge on any atom is 0.416 e. The van der Waals surface area contributed by atoms with Gasteiger partial charge in [0.25, 0.3) is 0 Å². The van der Waals surface area contributed by atoms with Crippen LogP contribution in [-0.4, -0.2) is 78.7 Å². The molecule has 2 heterocycles. The van der Waals surface area contributed by atoms with Crippen molar-refractivity contribution in [2.24, 2.45) is 5.92 Å². The Morgan fingerprint density at radius 3 is 2.23 bits per heavy atom. The Labute approximate surface area is 243 Å². The van der Waals surface area contributed by atoms with Crippen LogP contribution in [0.25, 0.3) is 0 Å². The van der Waals surface area contributed by atoms with Gasteiger partial charge in [0.15, 0.2) is 0 Å². The molecule has 2 atom stereocenters. The molecule has 0 aliphatic carbocycles. The minimum absolute atomic E-state index is 0.0226. The number of halogens is 7. The number of rotatable bonds is 6. The zero-order valence-electron chi connectivity index (χ0n) is 23.5. The highest BCUT2D eigenvalue weighted by molar-refractivity contribution is 5.87. The summed E-state index contributed by atoms with van der Waals surface area (Å²) >= 11 is 0. The van der Waals surface area contributed by atoms with Gasteiger partial charge in [0, 0.05) is 45.1 Å². The lowest BCUT2D eigenvalue weighted by molar-refractivity contribution is -0.143. The van der Waals surface area contributed by atoms with Gasteiger partial charge in [-0.25, -0.2) is 4.39 Å². The number of likely N-dealkylation sites (tertiary alicyclic amines) is 1. The predicted octanol–water partition coefficient (Wildman–Crippen LogP) is 4.19. The van der Waals surface area contributed by atoms with Crippen molar-refractivity contribution in [3.8, 4) is 0 Å². The first-order valence-electron chi connectivity index (χ1n) is 13.6. The van der Waals surface area contributed by atoms with Crippen LogP contribution in [0.4, 0.5) is 30.7 Å². The first-order chi connectivity index (χ1) is 20.0. The second kappa shape index (κ2) is 12.5. The fourth-order valence-electron chi connectivity index (χ4n) is 5.72. The predicted molar refractivity (Wildman–Crippen MR) is 141 cm³/mol. The van der Waals surface area contributed by atoms with Crippen LogP contribution in [0.2, 0.25) is 0 Å². The summed E-state index contributed by atoms with van der Waals surface area (Å²) in [5, 5.41) is 2.65. The number of carbonyl (C=O) groups is 3. The van der Waals surface area contributed by atoms with Crippen molar-refractivity contribution in [1.29, 1.82) is 0 Å². The lowest BCUT2D eigenvalue weighted by atomic mass is 9.78. The Kier molecular flexibility index (Phi) is 9.38. The molecule has 2 saturated heterocycles. The van der Waals surface area contributed by atoms with Gasteiger partial charge in [0.1, 0.15) is 5.82 Å². The molecule has 2 aromatic rings. The lowest BCUT2D eigenvalue weighted by Crippen LogP contribution is -2.54. The van der Waals surface area contributed by atoms with Crippen LogP contribution in [0.15, 0.2) is 36.4 Å². The molecule has 3 amide bonds. The van der Waals surface area contributed by atoms with E-state index in [2.05, 4.69) is 5.32 Å². The molecule has 4 rings (SSSR count). The van der Waals surface area contributed by atoms with E-state index in [1.54, 1.807) is 6.92 Å². The Morgan fingerprint density at radius 2 is 1.65 bits per heavy atom. The number of aryl methyl sites for hydroxylation is 1. The van der Waals surface area contributed by atoms with Gasteiger partial charge < -0.3 is 15.1 Å². The monoisotopic (exact) mass is 616 g/mol. The average Bonchev–Trinajstić information content (AvgIpc) is 2.91. The van der Waals surface area contributed by atoms with E-state index in [0.717, 1.165) is 4.90 Å². The van der Waals surface area contributed by atoms with Crippen LogP contribution in [0, 0.1) is 18.7 Å². The quantitative estimate of drug-likeness (QED) is 0.495. The van der Waals surface area contributed by atoms with E-state index in [-0.39, 0.29) is 49.5 Å². The summed E-state index contributed by atoms with van der Waals surface area (Å²) in [7, 11) is 1.31. The van der Waals surface area contributed by atoms with Gasteiger partial charge >= 0.3 is 12.4 Å². The van der Waals surface area contributed by atoms with Crippen LogP contribution in [-0.2, 0) is 33.3 Å². The highest BCUT2D eigenvalue weighted by atomic mass is 19.4. The van der Waals surface area contributed by atoms with Crippen LogP contribution in [0.3, 0.4) is 0 Å². The summed E-state index contributed by atoms with van der Waals surface area (Å²) in [6.07, 6.45) is -9.81. The molecule has 2 fully saturated rings. The largest absolute Gasteiger partial charge is 0.416 e. The van der Waals surface area contributed by atoms with E-state index in [0.29, 0.717) is 42.9 Å². The molecule has 2 unspecified atom stereocenters. The number of hydrogen-bond acceptors (Lipinski definition) is 4. The average molecular weight is 617 g/mol. The number of amides is 3. The van der Waals surface area contributed by atoms with Gasteiger partial charge in [-0.3, -0.25) is 19.3 Å². The van der Waals surface area contributed by atoms with Gasteiger partial charge in [-0.05, 0) is 66.9 Å². The minimum Gasteiger partial charge on any atom is -0.353 e. The number of nitrogens with zero attached hydrogens (tertiary/aromatic N) is 3. The SMILES string of the molecule is Cc1cc(F)ccc1C1CN(CC(=O)N2CCNC(=O)C2)CCC1C(=O)N(C)Cc1cc(C(F)(F)F)cc(C(F)(F)F)c1. The molecule has 1 N–H and O–H groups in total. The zero-order valence-corrected chi connectivity index (χ0v) is 23.5. The maximum absolute atomic E-state index is 13.9. The van der Waals surface area contributed by atoms with E-state index in [4.69, 9.17) is 0 Å². The molecule has 0 saturated carbocycles. The van der Waals surface area contributed by atoms with E-state index < -0.39 is 53.6 Å². The number of alkyl halides is 6. The number of hydrogen-bond donors (Lipinski definition) is 1. The normalized spacial score (nSPS) is 20.1. The lowest BCUT2D eigenvalue weighted by Gasteiger charge is -2.40. The van der Waals surface area contributed by atoms with E-state index >= 15 is 0 Å². The molecule has 0 radical (unpaired) electrons. The van der Waals surface area contributed by atoms with Gasteiger partial charge in [-0.2, -0.15) is 26.3 Å². The summed E-state index contributed by atoms with van der Waals surface area (Å²) in [5.41, 5.74) is -2.08. The van der Waals surface area contributed by atoms with Crippen LogP contribution in [0.5, 0.6) is 0 Å². The van der Waals surface area contributed by atoms with Gasteiger partial charge in [-0.15, -0.1) is 0 Å². The number of nitrogens with one attached hydrogen (secondary N) is 1. The van der Waals surface area contributed by atoms with Gasteiger partial charge in [0.2, 0.25) is 17.7 Å². The number of piperidine rings is 1. The molecule has 234 valence electrons. The highest BCUT2D eigenvalue weighted by Gasteiger charge is 2.40. The van der Waals surface area contributed by atoms with Crippen LogP contribution in [0.1, 0.15) is 40.2 Å². The van der Waals surface area contributed by atoms with Crippen molar-refractivity contribution >= 4 is 17.7 Å². The molecule has 14 heteroatoms. The molecule has 2 aromatic carbocycles. The van der Waals surface area contributed by atoms with E-state index in [1.807, 2.05) is 4.90 Å². The molecule has 0 bridgehead atoms. The van der Waals surface area contributed by atoms with Crippen molar-refractivity contribution in [2.75, 3.05) is 46.3 Å². The highest BCUT2D eigenvalue weighted by Crippen LogP contribution is 2.38. The molecule has 0 aromatic heterocycles. The van der Waals surface area contributed by atoms with Gasteiger partial charge in [0.05, 0.1) is 24.2 Å². The first-order valence-corrected chi connectivity index (χ1v) is 13.6. The third kappa shape index (κ3) is 7.84. The topological polar surface area (TPSA) is 73.0 Å². The van der Waals surface area contributed by atoms with Crippen molar-refractivity contribution in [2.45, 2.75) is 38.2 Å². The Morgan fingerprint density at radius 1 is 1.00 bits per heavy atom. The Hall–Kier alpha value is -3.68. The van der Waals surface area contributed by atoms with E-state index in [1.165, 1.54) is 30.1 Å². The van der Waals surface area contributed by atoms with Gasteiger partial charge in [-0.1, -0.05) is 6.07 Å². The first kappa shape index (κ1) is 32.2. The molecule has 0 spiro atoms. The van der Waals surface area contributed by atoms with Crippen LogP contribution < -0.4 is 5.32 Å². The Balaban J connectivity index is 1.57. The fraction of sp³-hybridized carbons (Fsp3) is 0.483. The van der Waals surface area contributed by atoms with Crippen molar-refractivity contribution in [1.82, 2.24) is 20.0 Å². The minimum atomic E-state index is -5.02. The summed E-state index contributed by atoms with van der Waals surface area (Å²) in [6, 6.07) is 5.30. The molecule has 2 aliphatic rings. The van der Waals surface area contributed by atoms with Crippen molar-refractivity contribution < 1.29 is 45.1 Å². The number of benzene rings is 2. The standard InChI is InChI=1S/C29H31F7N4O3/c1-17-9-21(30)3-4-22(17)24-14-39(16-26(42)40-8-6-37-25(41)15-40)7-5-23(24)27(43)38(2)13-18-10-19(28(31,32)33)12-20(11-18)29(34,35)36/h3-4,9-12,23-24H,5-8,13-16H2,1-2H3,(H,37,41). The Bertz CT molecular complexity index is 1350. The second-order valence-electron chi connectivity index (χ2n) is 11.0. The zero-order chi connectivity index (χ0) is 31.7. The molecular weight excluding hydrogens is 585 g/mol. The summed E-state index contributed by atoms with van der Waals surface area (Å²) in [6.45, 7) is 2.28. The fourth-order valence-corrected chi connectivity index (χ4v) is 5.72.